The fraction of sp³-hybridized carbons (Fsp3) is 0.579. The van der Waals surface area contributed by atoms with Crippen LogP contribution in [-0.4, -0.2) is 60.4 Å². The lowest BCUT2D eigenvalue weighted by Crippen LogP contribution is -2.40. The average molecular weight is 329 g/mol. The molecule has 0 saturated carbocycles. The van der Waals surface area contributed by atoms with Crippen LogP contribution >= 0.6 is 0 Å². The second kappa shape index (κ2) is 8.29. The van der Waals surface area contributed by atoms with Crippen molar-refractivity contribution in [3.63, 3.8) is 0 Å². The summed E-state index contributed by atoms with van der Waals surface area (Å²) in [5, 5.41) is 2.87. The van der Waals surface area contributed by atoms with Crippen molar-refractivity contribution in [1.29, 1.82) is 0 Å². The van der Waals surface area contributed by atoms with Crippen molar-refractivity contribution < 1.29 is 9.59 Å². The van der Waals surface area contributed by atoms with Crippen molar-refractivity contribution in [2.24, 2.45) is 0 Å². The van der Waals surface area contributed by atoms with E-state index in [9.17, 15) is 9.59 Å². The van der Waals surface area contributed by atoms with Gasteiger partial charge in [-0.1, -0.05) is 30.3 Å². The molecule has 1 aromatic rings. The van der Waals surface area contributed by atoms with E-state index in [1.807, 2.05) is 35.2 Å². The van der Waals surface area contributed by atoms with Crippen LogP contribution in [0.2, 0.25) is 0 Å². The fourth-order valence-electron chi connectivity index (χ4n) is 3.74. The van der Waals surface area contributed by atoms with Crippen LogP contribution in [0.3, 0.4) is 0 Å². The Morgan fingerprint density at radius 3 is 2.71 bits per heavy atom. The summed E-state index contributed by atoms with van der Waals surface area (Å²) in [4.78, 5) is 28.9. The summed E-state index contributed by atoms with van der Waals surface area (Å²) < 4.78 is 0. The monoisotopic (exact) mass is 329 g/mol. The highest BCUT2D eigenvalue weighted by Crippen LogP contribution is 2.21. The Balaban J connectivity index is 1.39. The lowest BCUT2D eigenvalue weighted by molar-refractivity contribution is -0.131. The molecule has 5 heteroatoms. The van der Waals surface area contributed by atoms with E-state index in [0.29, 0.717) is 25.4 Å². The van der Waals surface area contributed by atoms with Gasteiger partial charge in [-0.15, -0.1) is 0 Å². The van der Waals surface area contributed by atoms with Crippen LogP contribution in [0.1, 0.15) is 31.2 Å². The number of benzene rings is 1. The molecule has 0 bridgehead atoms. The molecule has 1 aromatic carbocycles. The van der Waals surface area contributed by atoms with Gasteiger partial charge in [0.2, 0.25) is 11.8 Å². The third-order valence-electron chi connectivity index (χ3n) is 5.02. The molecule has 2 saturated heterocycles. The van der Waals surface area contributed by atoms with E-state index in [-0.39, 0.29) is 11.8 Å². The Bertz CT molecular complexity index is 561. The smallest absolute Gasteiger partial charge is 0.224 e. The van der Waals surface area contributed by atoms with Crippen LogP contribution in [0.4, 0.5) is 0 Å². The molecule has 1 unspecified atom stereocenters. The molecule has 2 fully saturated rings. The van der Waals surface area contributed by atoms with Gasteiger partial charge in [0.15, 0.2) is 0 Å². The fourth-order valence-corrected chi connectivity index (χ4v) is 3.74. The molecule has 24 heavy (non-hydrogen) atoms. The van der Waals surface area contributed by atoms with Crippen LogP contribution in [0.5, 0.6) is 0 Å². The Hall–Kier alpha value is -1.88. The summed E-state index contributed by atoms with van der Waals surface area (Å²) >= 11 is 0. The van der Waals surface area contributed by atoms with E-state index in [1.54, 1.807) is 0 Å². The van der Waals surface area contributed by atoms with Gasteiger partial charge in [0.1, 0.15) is 0 Å². The maximum absolute atomic E-state index is 12.4. The van der Waals surface area contributed by atoms with Gasteiger partial charge < -0.3 is 10.2 Å². The number of hydrogen-bond donors (Lipinski definition) is 1. The van der Waals surface area contributed by atoms with Crippen molar-refractivity contribution in [2.45, 2.75) is 38.1 Å². The van der Waals surface area contributed by atoms with Gasteiger partial charge in [0, 0.05) is 38.6 Å². The SMILES string of the molecule is O=C(Cc1ccccc1)NCCC(=O)N1CCCN2CCCC2C1. The summed E-state index contributed by atoms with van der Waals surface area (Å²) in [6.45, 7) is 4.43. The summed E-state index contributed by atoms with van der Waals surface area (Å²) in [5.41, 5.74) is 0.996. The first kappa shape index (κ1) is 17.0. The maximum atomic E-state index is 12.4. The van der Waals surface area contributed by atoms with Crippen LogP contribution in [0.15, 0.2) is 30.3 Å². The number of fused-ring (bicyclic) bond motifs is 1. The Labute approximate surface area is 144 Å². The lowest BCUT2D eigenvalue weighted by Gasteiger charge is -2.25. The minimum absolute atomic E-state index is 0.0214. The molecule has 2 aliphatic heterocycles. The second-order valence-corrected chi connectivity index (χ2v) is 6.79. The van der Waals surface area contributed by atoms with Crippen molar-refractivity contribution in [2.75, 3.05) is 32.7 Å². The maximum Gasteiger partial charge on any atom is 0.224 e. The van der Waals surface area contributed by atoms with Crippen LogP contribution in [-0.2, 0) is 16.0 Å². The van der Waals surface area contributed by atoms with Gasteiger partial charge in [0.05, 0.1) is 6.42 Å². The molecular weight excluding hydrogens is 302 g/mol. The predicted octanol–water partition coefficient (Wildman–Crippen LogP) is 1.43. The van der Waals surface area contributed by atoms with E-state index < -0.39 is 0 Å². The topological polar surface area (TPSA) is 52.7 Å². The molecule has 130 valence electrons. The molecule has 0 aliphatic carbocycles. The van der Waals surface area contributed by atoms with E-state index >= 15 is 0 Å². The molecule has 2 heterocycles. The average Bonchev–Trinajstić information content (AvgIpc) is 2.92. The first-order chi connectivity index (χ1) is 11.7. The minimum Gasteiger partial charge on any atom is -0.355 e. The second-order valence-electron chi connectivity index (χ2n) is 6.79. The van der Waals surface area contributed by atoms with E-state index in [1.165, 1.54) is 19.4 Å². The quantitative estimate of drug-likeness (QED) is 0.889. The zero-order valence-corrected chi connectivity index (χ0v) is 14.2. The standard InChI is InChI=1S/C19H27N3O2/c23-18(14-16-6-2-1-3-7-16)20-10-9-19(24)22-13-5-12-21-11-4-8-17(21)15-22/h1-3,6-7,17H,4-5,8-15H2,(H,20,23). The molecule has 0 spiro atoms. The summed E-state index contributed by atoms with van der Waals surface area (Å²) in [7, 11) is 0. The summed E-state index contributed by atoms with van der Waals surface area (Å²) in [5.74, 6) is 0.149. The summed E-state index contributed by atoms with van der Waals surface area (Å²) in [6.07, 6.45) is 4.28. The van der Waals surface area contributed by atoms with Crippen molar-refractivity contribution >= 4 is 11.8 Å². The molecule has 2 amide bonds. The van der Waals surface area contributed by atoms with Crippen molar-refractivity contribution in [3.8, 4) is 0 Å². The zero-order chi connectivity index (χ0) is 16.8. The van der Waals surface area contributed by atoms with E-state index in [2.05, 4.69) is 10.2 Å². The number of amides is 2. The first-order valence-electron chi connectivity index (χ1n) is 9.05. The number of carbonyl (C=O) groups excluding carboxylic acids is 2. The molecular formula is C19H27N3O2. The number of hydrogen-bond acceptors (Lipinski definition) is 3. The molecule has 5 nitrogen and oxygen atoms in total. The van der Waals surface area contributed by atoms with Crippen LogP contribution < -0.4 is 5.32 Å². The third-order valence-corrected chi connectivity index (χ3v) is 5.02. The Kier molecular flexibility index (Phi) is 5.86. The van der Waals surface area contributed by atoms with Gasteiger partial charge in [0.25, 0.3) is 0 Å². The number of nitrogens with zero attached hydrogens (tertiary/aromatic N) is 2. The third kappa shape index (κ3) is 4.57. The zero-order valence-electron chi connectivity index (χ0n) is 14.2. The predicted molar refractivity (Wildman–Crippen MR) is 93.6 cm³/mol. The summed E-state index contributed by atoms with van der Waals surface area (Å²) in [6, 6.07) is 10.2. The van der Waals surface area contributed by atoms with E-state index in [0.717, 1.165) is 31.6 Å². The molecule has 1 atom stereocenters. The van der Waals surface area contributed by atoms with Crippen molar-refractivity contribution in [3.05, 3.63) is 35.9 Å². The highest BCUT2D eigenvalue weighted by atomic mass is 16.2. The van der Waals surface area contributed by atoms with Gasteiger partial charge >= 0.3 is 0 Å². The Morgan fingerprint density at radius 1 is 1.08 bits per heavy atom. The Morgan fingerprint density at radius 2 is 1.88 bits per heavy atom. The lowest BCUT2D eigenvalue weighted by atomic mass is 10.1. The van der Waals surface area contributed by atoms with Crippen molar-refractivity contribution in [1.82, 2.24) is 15.1 Å². The number of carbonyl (C=O) groups is 2. The van der Waals surface area contributed by atoms with Gasteiger partial charge in [-0.25, -0.2) is 0 Å². The number of nitrogens with one attached hydrogen (secondary N) is 1. The molecule has 0 aromatic heterocycles. The highest BCUT2D eigenvalue weighted by Gasteiger charge is 2.30. The normalized spacial score (nSPS) is 21.2. The minimum atomic E-state index is -0.0214. The molecule has 3 rings (SSSR count). The molecule has 1 N–H and O–H groups in total. The largest absolute Gasteiger partial charge is 0.355 e. The van der Waals surface area contributed by atoms with Gasteiger partial charge in [-0.3, -0.25) is 14.5 Å². The van der Waals surface area contributed by atoms with Gasteiger partial charge in [-0.2, -0.15) is 0 Å². The highest BCUT2D eigenvalue weighted by molar-refractivity contribution is 5.80. The van der Waals surface area contributed by atoms with E-state index in [4.69, 9.17) is 0 Å². The molecule has 0 radical (unpaired) electrons. The molecule has 2 aliphatic rings. The van der Waals surface area contributed by atoms with Gasteiger partial charge in [-0.05, 0) is 31.4 Å². The number of rotatable bonds is 5. The first-order valence-corrected chi connectivity index (χ1v) is 9.05. The van der Waals surface area contributed by atoms with Crippen LogP contribution in [0, 0.1) is 0 Å². The van der Waals surface area contributed by atoms with Crippen LogP contribution in [0.25, 0.3) is 0 Å².